The van der Waals surface area contributed by atoms with Crippen LogP contribution in [0.1, 0.15) is 22.8 Å². The average Bonchev–Trinajstić information content (AvgIpc) is 3.14. The summed E-state index contributed by atoms with van der Waals surface area (Å²) in [6, 6.07) is 15.4. The van der Waals surface area contributed by atoms with Crippen LogP contribution in [0.2, 0.25) is 5.02 Å². The molecule has 2 aliphatic heterocycles. The van der Waals surface area contributed by atoms with E-state index >= 15 is 0 Å². The molecule has 0 aromatic heterocycles. The van der Waals surface area contributed by atoms with Crippen molar-refractivity contribution in [1.82, 2.24) is 5.32 Å². The molecule has 0 radical (unpaired) electrons. The molecule has 2 aliphatic rings. The first-order valence-corrected chi connectivity index (χ1v) is 9.99. The number of halogens is 3. The van der Waals surface area contributed by atoms with Crippen LogP contribution in [-0.4, -0.2) is 19.7 Å². The predicted octanol–water partition coefficient (Wildman–Crippen LogP) is 4.95. The fourth-order valence-corrected chi connectivity index (χ4v) is 4.10. The third-order valence-corrected chi connectivity index (χ3v) is 5.60. The molecule has 0 aliphatic carbocycles. The molecule has 0 spiro atoms. The van der Waals surface area contributed by atoms with Crippen LogP contribution in [0.25, 0.3) is 0 Å². The number of nitrogens with one attached hydrogen (secondary N) is 1. The molecule has 154 valence electrons. The molecular formula is C23H18ClF2NO3. The van der Waals surface area contributed by atoms with Crippen LogP contribution in [-0.2, 0) is 10.5 Å². The monoisotopic (exact) mass is 429 g/mol. The van der Waals surface area contributed by atoms with E-state index in [1.165, 1.54) is 30.3 Å². The topological polar surface area (TPSA) is 39.7 Å². The van der Waals surface area contributed by atoms with Crippen LogP contribution in [0.15, 0.2) is 60.7 Å². The van der Waals surface area contributed by atoms with Gasteiger partial charge in [0, 0.05) is 18.7 Å². The summed E-state index contributed by atoms with van der Waals surface area (Å²) in [5.41, 5.74) is 1.90. The zero-order valence-electron chi connectivity index (χ0n) is 15.8. The Morgan fingerprint density at radius 1 is 0.900 bits per heavy atom. The highest BCUT2D eigenvalue weighted by molar-refractivity contribution is 6.31. The van der Waals surface area contributed by atoms with E-state index in [1.54, 1.807) is 12.1 Å². The van der Waals surface area contributed by atoms with Crippen molar-refractivity contribution in [3.8, 4) is 11.5 Å². The van der Waals surface area contributed by atoms with E-state index in [9.17, 15) is 8.78 Å². The Hall–Kier alpha value is -2.67. The highest BCUT2D eigenvalue weighted by Crippen LogP contribution is 2.50. The van der Waals surface area contributed by atoms with Crippen molar-refractivity contribution in [2.75, 3.05) is 19.7 Å². The molecule has 1 N–H and O–H groups in total. The molecule has 5 rings (SSSR count). The van der Waals surface area contributed by atoms with Gasteiger partial charge < -0.3 is 19.5 Å². The van der Waals surface area contributed by atoms with Crippen molar-refractivity contribution in [2.45, 2.75) is 11.9 Å². The van der Waals surface area contributed by atoms with E-state index in [-0.39, 0.29) is 16.9 Å². The van der Waals surface area contributed by atoms with E-state index < -0.39 is 11.6 Å². The van der Waals surface area contributed by atoms with Gasteiger partial charge in [-0.15, -0.1) is 0 Å². The van der Waals surface area contributed by atoms with Gasteiger partial charge in [-0.05, 0) is 60.2 Å². The Labute approximate surface area is 177 Å². The van der Waals surface area contributed by atoms with Crippen LogP contribution in [0.4, 0.5) is 8.78 Å². The summed E-state index contributed by atoms with van der Waals surface area (Å²) >= 11 is 6.37. The molecule has 0 bridgehead atoms. The zero-order chi connectivity index (χ0) is 20.7. The quantitative estimate of drug-likeness (QED) is 0.639. The van der Waals surface area contributed by atoms with Crippen molar-refractivity contribution in [2.24, 2.45) is 0 Å². The first-order chi connectivity index (χ1) is 14.5. The zero-order valence-corrected chi connectivity index (χ0v) is 16.6. The average molecular weight is 430 g/mol. The molecule has 0 amide bonds. The van der Waals surface area contributed by atoms with Gasteiger partial charge in [0.1, 0.15) is 11.6 Å². The Morgan fingerprint density at radius 3 is 2.40 bits per heavy atom. The maximum atomic E-state index is 13.7. The molecule has 2 atom stereocenters. The second-order valence-electron chi connectivity index (χ2n) is 7.22. The Kier molecular flexibility index (Phi) is 4.85. The van der Waals surface area contributed by atoms with Gasteiger partial charge in [-0.3, -0.25) is 0 Å². The summed E-state index contributed by atoms with van der Waals surface area (Å²) in [6.07, 6.45) is -0.0946. The van der Waals surface area contributed by atoms with Crippen molar-refractivity contribution in [3.63, 3.8) is 0 Å². The number of morpholine rings is 1. The maximum Gasteiger partial charge on any atom is 0.307 e. The minimum Gasteiger partial charge on any atom is -0.440 e. The van der Waals surface area contributed by atoms with E-state index in [4.69, 9.17) is 25.8 Å². The first-order valence-electron chi connectivity index (χ1n) is 9.61. The highest BCUT2D eigenvalue weighted by atomic mass is 35.5. The van der Waals surface area contributed by atoms with Crippen molar-refractivity contribution in [1.29, 1.82) is 0 Å². The fourth-order valence-electron chi connectivity index (χ4n) is 3.81. The van der Waals surface area contributed by atoms with E-state index in [1.807, 2.05) is 18.2 Å². The van der Waals surface area contributed by atoms with Crippen molar-refractivity contribution < 1.29 is 23.0 Å². The fraction of sp³-hybridized carbons (Fsp3) is 0.217. The van der Waals surface area contributed by atoms with Gasteiger partial charge in [-0.1, -0.05) is 17.7 Å². The third kappa shape index (κ3) is 3.31. The minimum atomic E-state index is -1.47. The third-order valence-electron chi connectivity index (χ3n) is 5.28. The number of rotatable bonds is 3. The minimum absolute atomic E-state index is 0.0946. The summed E-state index contributed by atoms with van der Waals surface area (Å²) in [6.45, 7) is 2.15. The van der Waals surface area contributed by atoms with Gasteiger partial charge in [0.25, 0.3) is 0 Å². The number of hydrogen-bond acceptors (Lipinski definition) is 4. The molecule has 30 heavy (non-hydrogen) atoms. The molecule has 7 heteroatoms. The van der Waals surface area contributed by atoms with Gasteiger partial charge in [0.15, 0.2) is 11.5 Å². The largest absolute Gasteiger partial charge is 0.440 e. The van der Waals surface area contributed by atoms with Crippen LogP contribution in [0, 0.1) is 11.6 Å². The Bertz CT molecular complexity index is 1090. The molecular weight excluding hydrogens is 412 g/mol. The lowest BCUT2D eigenvalue weighted by atomic mass is 9.97. The number of ether oxygens (including phenoxy) is 3. The first kappa shape index (κ1) is 19.3. The van der Waals surface area contributed by atoms with E-state index in [0.717, 1.165) is 12.1 Å². The van der Waals surface area contributed by atoms with Gasteiger partial charge in [0.2, 0.25) is 0 Å². The molecule has 2 unspecified atom stereocenters. The Balaban J connectivity index is 1.59. The standard InChI is InChI=1S/C23H18ClF2NO3/c24-19-12-17(26)6-7-18(19)23(15-2-4-16(25)5-3-15)29-20-8-1-14(11-21(20)30-23)22-13-27-9-10-28-22/h1-8,11-12,22,27H,9-10,13H2. The van der Waals surface area contributed by atoms with Gasteiger partial charge in [0.05, 0.1) is 23.3 Å². The lowest BCUT2D eigenvalue weighted by Gasteiger charge is -2.29. The molecule has 3 aromatic rings. The van der Waals surface area contributed by atoms with Crippen LogP contribution in [0.5, 0.6) is 11.5 Å². The molecule has 1 saturated heterocycles. The summed E-state index contributed by atoms with van der Waals surface area (Å²) in [4.78, 5) is 0. The normalized spacial score (nSPS) is 22.8. The lowest BCUT2D eigenvalue weighted by molar-refractivity contribution is -0.0459. The summed E-state index contributed by atoms with van der Waals surface area (Å²) in [5, 5.41) is 3.45. The number of hydrogen-bond donors (Lipinski definition) is 1. The Morgan fingerprint density at radius 2 is 1.67 bits per heavy atom. The summed E-state index contributed by atoms with van der Waals surface area (Å²) < 4.78 is 45.7. The summed E-state index contributed by atoms with van der Waals surface area (Å²) in [5.74, 6) is -1.32. The van der Waals surface area contributed by atoms with Crippen LogP contribution in [0.3, 0.4) is 0 Å². The highest BCUT2D eigenvalue weighted by Gasteiger charge is 2.47. The van der Waals surface area contributed by atoms with Gasteiger partial charge >= 0.3 is 5.79 Å². The van der Waals surface area contributed by atoms with E-state index in [2.05, 4.69) is 5.32 Å². The second-order valence-corrected chi connectivity index (χ2v) is 7.63. The second kappa shape index (κ2) is 7.54. The molecule has 3 aromatic carbocycles. The summed E-state index contributed by atoms with van der Waals surface area (Å²) in [7, 11) is 0. The molecule has 4 nitrogen and oxygen atoms in total. The molecule has 2 heterocycles. The van der Waals surface area contributed by atoms with Crippen molar-refractivity contribution >= 4 is 11.6 Å². The smallest absolute Gasteiger partial charge is 0.307 e. The van der Waals surface area contributed by atoms with Crippen LogP contribution < -0.4 is 14.8 Å². The predicted molar refractivity (Wildman–Crippen MR) is 108 cm³/mol. The van der Waals surface area contributed by atoms with Gasteiger partial charge in [-0.25, -0.2) is 8.78 Å². The van der Waals surface area contributed by atoms with Crippen LogP contribution >= 0.6 is 11.6 Å². The van der Waals surface area contributed by atoms with E-state index in [0.29, 0.717) is 35.8 Å². The van der Waals surface area contributed by atoms with Gasteiger partial charge in [-0.2, -0.15) is 0 Å². The maximum absolute atomic E-state index is 13.7. The molecule has 0 saturated carbocycles. The number of fused-ring (bicyclic) bond motifs is 1. The lowest BCUT2D eigenvalue weighted by Crippen LogP contribution is -2.37. The molecule has 1 fully saturated rings. The van der Waals surface area contributed by atoms with Crippen molar-refractivity contribution in [3.05, 3.63) is 94.0 Å². The SMILES string of the molecule is Fc1ccc(C2(c3ccc(F)cc3Cl)Oc3ccc(C4CNCCO4)cc3O2)cc1. The number of benzene rings is 3.